The van der Waals surface area contributed by atoms with Crippen molar-refractivity contribution in [2.45, 2.75) is 371 Å². The lowest BCUT2D eigenvalue weighted by Crippen LogP contribution is -2.60. The number of rotatable bonds is 58. The Morgan fingerprint density at radius 2 is 0.769 bits per heavy atom. The van der Waals surface area contributed by atoms with Gasteiger partial charge in [0.05, 0.1) is 25.4 Å². The number of amides is 1. The topological polar surface area (TPSA) is 189 Å². The summed E-state index contributed by atoms with van der Waals surface area (Å²) in [6, 6.07) is -1.20. The molecular weight excluding hydrogens is 979 g/mol. The van der Waals surface area contributed by atoms with Crippen molar-refractivity contribution in [1.29, 1.82) is 0 Å². The van der Waals surface area contributed by atoms with Crippen molar-refractivity contribution in [2.75, 3.05) is 13.2 Å². The first-order valence-corrected chi connectivity index (χ1v) is 33.4. The highest BCUT2D eigenvalue weighted by Gasteiger charge is 2.44. The van der Waals surface area contributed by atoms with Crippen LogP contribution in [0, 0.1) is 0 Å². The van der Waals surface area contributed by atoms with E-state index in [1.54, 1.807) is 0 Å². The van der Waals surface area contributed by atoms with Crippen molar-refractivity contribution in [3.05, 3.63) is 36.5 Å². The quantitative estimate of drug-likeness (QED) is 0.0215. The monoisotopic (exact) mass is 1110 g/mol. The third-order valence-corrected chi connectivity index (χ3v) is 16.1. The number of hydrogen-bond acceptors (Lipinski definition) is 10. The third-order valence-electron chi connectivity index (χ3n) is 16.1. The first-order valence-electron chi connectivity index (χ1n) is 33.4. The highest BCUT2D eigenvalue weighted by molar-refractivity contribution is 5.80. The number of unbranched alkanes of at least 4 members (excludes halogenated alkanes) is 40. The van der Waals surface area contributed by atoms with Crippen LogP contribution >= 0.6 is 0 Å². The van der Waals surface area contributed by atoms with Gasteiger partial charge >= 0.3 is 0 Å². The highest BCUT2D eigenvalue weighted by Crippen LogP contribution is 2.24. The van der Waals surface area contributed by atoms with Crippen molar-refractivity contribution < 1.29 is 50.0 Å². The molecule has 1 amide bonds. The molecule has 1 aliphatic heterocycles. The van der Waals surface area contributed by atoms with Crippen LogP contribution in [0.15, 0.2) is 36.5 Å². The van der Waals surface area contributed by atoms with Crippen LogP contribution in [0.2, 0.25) is 0 Å². The first kappa shape index (κ1) is 74.3. The van der Waals surface area contributed by atoms with Gasteiger partial charge in [0.1, 0.15) is 36.6 Å². The zero-order chi connectivity index (χ0) is 56.8. The van der Waals surface area contributed by atoms with Crippen LogP contribution in [0.3, 0.4) is 0 Å². The van der Waals surface area contributed by atoms with E-state index in [1.165, 1.54) is 212 Å². The summed E-state index contributed by atoms with van der Waals surface area (Å²) in [5, 5.41) is 76.3. The van der Waals surface area contributed by atoms with E-state index >= 15 is 0 Å². The highest BCUT2D eigenvalue weighted by atomic mass is 16.7. The summed E-state index contributed by atoms with van der Waals surface area (Å²) in [6.07, 6.45) is 59.4. The van der Waals surface area contributed by atoms with E-state index in [0.717, 1.165) is 57.8 Å². The molecule has 8 N–H and O–H groups in total. The molecule has 9 atom stereocenters. The smallest absolute Gasteiger partial charge is 0.249 e. The number of hydrogen-bond donors (Lipinski definition) is 8. The molecule has 11 heteroatoms. The summed E-state index contributed by atoms with van der Waals surface area (Å²) < 4.78 is 11.2. The van der Waals surface area contributed by atoms with E-state index in [4.69, 9.17) is 9.47 Å². The summed E-state index contributed by atoms with van der Waals surface area (Å²) >= 11 is 0. The Balaban J connectivity index is 2.24. The molecule has 9 unspecified atom stereocenters. The molecule has 460 valence electrons. The van der Waals surface area contributed by atoms with E-state index in [9.17, 15) is 40.5 Å². The predicted molar refractivity (Wildman–Crippen MR) is 325 cm³/mol. The van der Waals surface area contributed by atoms with Crippen LogP contribution in [-0.4, -0.2) is 110 Å². The summed E-state index contributed by atoms with van der Waals surface area (Å²) in [6.45, 7) is 3.47. The molecule has 0 aromatic rings. The predicted octanol–water partition coefficient (Wildman–Crippen LogP) is 15.4. The molecule has 78 heavy (non-hydrogen) atoms. The fraction of sp³-hybridized carbons (Fsp3) is 0.896. The first-order chi connectivity index (χ1) is 38.2. The molecule has 1 rings (SSSR count). The van der Waals surface area contributed by atoms with Gasteiger partial charge in [-0.25, -0.2) is 0 Å². The van der Waals surface area contributed by atoms with Gasteiger partial charge in [0.15, 0.2) is 6.29 Å². The van der Waals surface area contributed by atoms with E-state index in [2.05, 4.69) is 55.6 Å². The summed E-state index contributed by atoms with van der Waals surface area (Å²) in [5.74, 6) is -0.712. The second-order valence-electron chi connectivity index (χ2n) is 23.5. The fourth-order valence-electron chi connectivity index (χ4n) is 10.8. The standard InChI is InChI=1S/C67H127NO10/c1-3-5-7-9-11-13-15-17-19-21-23-24-25-26-27-28-29-30-31-32-33-34-35-37-38-40-42-44-46-48-50-52-54-59(70)62(72)58(57-77-67-65(75)64(74)63(73)61(56-69)78-67)68-66(76)60(71)55-53-51-49-47-45-43-41-39-36-22-20-18-16-14-12-10-8-6-4-2/h36,38-40,46,48,58-65,67,69-75H,3-35,37,41-45,47,49-57H2,1-2H3,(H,68,76)/b39-36-,40-38+,48-46+. The van der Waals surface area contributed by atoms with Crippen molar-refractivity contribution in [3.63, 3.8) is 0 Å². The van der Waals surface area contributed by atoms with Gasteiger partial charge in [0.25, 0.3) is 0 Å². The molecule has 0 aliphatic carbocycles. The van der Waals surface area contributed by atoms with Crippen molar-refractivity contribution in [2.24, 2.45) is 0 Å². The minimum Gasteiger partial charge on any atom is -0.394 e. The lowest BCUT2D eigenvalue weighted by Gasteiger charge is -2.40. The maximum absolute atomic E-state index is 13.2. The van der Waals surface area contributed by atoms with Crippen molar-refractivity contribution in [3.8, 4) is 0 Å². The molecule has 1 saturated heterocycles. The van der Waals surface area contributed by atoms with Gasteiger partial charge in [-0.15, -0.1) is 0 Å². The molecule has 0 saturated carbocycles. The van der Waals surface area contributed by atoms with Gasteiger partial charge in [-0.3, -0.25) is 4.79 Å². The molecule has 0 aromatic heterocycles. The van der Waals surface area contributed by atoms with E-state index in [0.29, 0.717) is 19.3 Å². The minimum atomic E-state index is -1.67. The third kappa shape index (κ3) is 43.1. The molecular formula is C67H127NO10. The maximum Gasteiger partial charge on any atom is 0.249 e. The summed E-state index contributed by atoms with van der Waals surface area (Å²) in [4.78, 5) is 13.2. The largest absolute Gasteiger partial charge is 0.394 e. The number of aliphatic hydroxyl groups is 7. The minimum absolute atomic E-state index is 0.244. The SMILES string of the molecule is CCCCCCCCCCC/C=C\CCCCCCCCC(O)C(=O)NC(COC1OC(CO)C(O)C(O)C1O)C(O)C(O)CCC/C=C/CC/C=C/CCCCCCCCCCCCCCCCCCCCCCCCC. The van der Waals surface area contributed by atoms with Crippen LogP contribution in [0.5, 0.6) is 0 Å². The van der Waals surface area contributed by atoms with Crippen LogP contribution in [0.1, 0.15) is 316 Å². The zero-order valence-electron chi connectivity index (χ0n) is 50.7. The Bertz CT molecular complexity index is 1360. The van der Waals surface area contributed by atoms with Gasteiger partial charge in [-0.1, -0.05) is 275 Å². The van der Waals surface area contributed by atoms with Gasteiger partial charge in [0, 0.05) is 0 Å². The van der Waals surface area contributed by atoms with Gasteiger partial charge < -0.3 is 50.5 Å². The lowest BCUT2D eigenvalue weighted by atomic mass is 9.98. The van der Waals surface area contributed by atoms with Crippen LogP contribution in [0.25, 0.3) is 0 Å². The molecule has 0 bridgehead atoms. The van der Waals surface area contributed by atoms with Crippen molar-refractivity contribution >= 4 is 5.91 Å². The number of nitrogens with one attached hydrogen (secondary N) is 1. The fourth-order valence-corrected chi connectivity index (χ4v) is 10.8. The number of carbonyl (C=O) groups excluding carboxylic acids is 1. The second-order valence-corrected chi connectivity index (χ2v) is 23.5. The zero-order valence-corrected chi connectivity index (χ0v) is 50.7. The molecule has 1 fully saturated rings. The number of aliphatic hydroxyl groups excluding tert-OH is 7. The Morgan fingerprint density at radius 1 is 0.436 bits per heavy atom. The number of carbonyl (C=O) groups is 1. The Hall–Kier alpha value is -1.67. The average Bonchev–Trinajstić information content (AvgIpc) is 3.46. The molecule has 11 nitrogen and oxygen atoms in total. The van der Waals surface area contributed by atoms with Crippen LogP contribution < -0.4 is 5.32 Å². The normalized spacial score (nSPS) is 19.6. The molecule has 0 aromatic carbocycles. The van der Waals surface area contributed by atoms with Gasteiger partial charge in [0.2, 0.25) is 5.91 Å². The Kier molecular flexibility index (Phi) is 53.2. The van der Waals surface area contributed by atoms with Crippen LogP contribution in [0.4, 0.5) is 0 Å². The molecule has 0 spiro atoms. The Labute approximate surface area is 479 Å². The average molecular weight is 1110 g/mol. The molecule has 0 radical (unpaired) electrons. The van der Waals surface area contributed by atoms with Crippen molar-refractivity contribution in [1.82, 2.24) is 5.32 Å². The van der Waals surface area contributed by atoms with Crippen LogP contribution in [-0.2, 0) is 14.3 Å². The maximum atomic E-state index is 13.2. The van der Waals surface area contributed by atoms with E-state index in [1.807, 2.05) is 0 Å². The molecule has 1 aliphatic rings. The summed E-state index contributed by atoms with van der Waals surface area (Å²) in [7, 11) is 0. The van der Waals surface area contributed by atoms with E-state index in [-0.39, 0.29) is 12.8 Å². The molecule has 1 heterocycles. The van der Waals surface area contributed by atoms with Gasteiger partial charge in [-0.2, -0.15) is 0 Å². The van der Waals surface area contributed by atoms with Gasteiger partial charge in [-0.05, 0) is 77.0 Å². The Morgan fingerprint density at radius 3 is 1.14 bits per heavy atom. The van der Waals surface area contributed by atoms with E-state index < -0.39 is 74.2 Å². The number of ether oxygens (including phenoxy) is 2. The number of allylic oxidation sites excluding steroid dienone is 6. The lowest BCUT2D eigenvalue weighted by molar-refractivity contribution is -0.303. The summed E-state index contributed by atoms with van der Waals surface area (Å²) in [5.41, 5.74) is 0. The second kappa shape index (κ2) is 55.8.